The largest absolute Gasteiger partial charge is 0.486 e. The molecule has 3 atom stereocenters. The summed E-state index contributed by atoms with van der Waals surface area (Å²) in [4.78, 5) is 13.4. The second-order valence-corrected chi connectivity index (χ2v) is 9.91. The number of nitrogens with zero attached hydrogens (tertiary/aromatic N) is 1. The lowest BCUT2D eigenvalue weighted by Gasteiger charge is -2.22. The highest BCUT2D eigenvalue weighted by atomic mass is 32.2. The van der Waals surface area contributed by atoms with E-state index in [0.29, 0.717) is 19.0 Å². The van der Waals surface area contributed by atoms with Crippen LogP contribution in [0.25, 0.3) is 0 Å². The predicted molar refractivity (Wildman–Crippen MR) is 107 cm³/mol. The summed E-state index contributed by atoms with van der Waals surface area (Å²) in [6, 6.07) is 7.51. The minimum absolute atomic E-state index is 0.00275. The van der Waals surface area contributed by atoms with E-state index in [2.05, 4.69) is 14.9 Å². The number of nitrogens with one attached hydrogen (secondary N) is 2. The fourth-order valence-electron chi connectivity index (χ4n) is 3.42. The Morgan fingerprint density at radius 1 is 1.25 bits per heavy atom. The molecule has 0 bridgehead atoms. The van der Waals surface area contributed by atoms with Gasteiger partial charge in [0.25, 0.3) is 0 Å². The fraction of sp³-hybridized carbons (Fsp3) is 0.632. The smallest absolute Gasteiger partial charge is 0.217 e. The number of ether oxygens (including phenoxy) is 2. The third-order valence-electron chi connectivity index (χ3n) is 5.05. The standard InChI is InChI=1S/C19H29N3O5S/c1-13(2)28(24,25)21-18-11-26-12-19(18)27-17-6-4-16(5-7-17)22-9-8-15(10-22)20-14(3)23/h4-7,13,15,18-19,21H,8-12H2,1-3H3,(H,20,23)/t15?,18-,19-/m0/s1. The number of hydrogen-bond donors (Lipinski definition) is 2. The number of carbonyl (C=O) groups excluding carboxylic acids is 1. The van der Waals surface area contributed by atoms with Crippen LogP contribution in [0.15, 0.2) is 24.3 Å². The number of carbonyl (C=O) groups is 1. The van der Waals surface area contributed by atoms with Crippen molar-refractivity contribution >= 4 is 21.6 Å². The highest BCUT2D eigenvalue weighted by Gasteiger charge is 2.34. The van der Waals surface area contributed by atoms with Gasteiger partial charge in [-0.05, 0) is 44.5 Å². The maximum atomic E-state index is 12.1. The van der Waals surface area contributed by atoms with Crippen LogP contribution in [0.1, 0.15) is 27.2 Å². The minimum Gasteiger partial charge on any atom is -0.486 e. The van der Waals surface area contributed by atoms with Crippen LogP contribution in [-0.4, -0.2) is 64.1 Å². The molecule has 28 heavy (non-hydrogen) atoms. The van der Waals surface area contributed by atoms with E-state index in [9.17, 15) is 13.2 Å². The van der Waals surface area contributed by atoms with Gasteiger partial charge in [-0.2, -0.15) is 0 Å². The lowest BCUT2D eigenvalue weighted by Crippen LogP contribution is -2.47. The van der Waals surface area contributed by atoms with Crippen molar-refractivity contribution in [3.63, 3.8) is 0 Å². The molecule has 3 rings (SSSR count). The molecule has 1 unspecified atom stereocenters. The van der Waals surface area contributed by atoms with Crippen molar-refractivity contribution in [3.8, 4) is 5.75 Å². The van der Waals surface area contributed by atoms with Gasteiger partial charge in [0.15, 0.2) is 0 Å². The van der Waals surface area contributed by atoms with Gasteiger partial charge in [0.05, 0.1) is 24.5 Å². The van der Waals surface area contributed by atoms with Crippen LogP contribution in [-0.2, 0) is 19.6 Å². The maximum Gasteiger partial charge on any atom is 0.217 e. The molecule has 0 aliphatic carbocycles. The topological polar surface area (TPSA) is 97.0 Å². The van der Waals surface area contributed by atoms with Gasteiger partial charge in [0.2, 0.25) is 15.9 Å². The third kappa shape index (κ3) is 5.15. The molecule has 0 saturated carbocycles. The van der Waals surface area contributed by atoms with E-state index < -0.39 is 21.3 Å². The average Bonchev–Trinajstić information content (AvgIpc) is 3.25. The van der Waals surface area contributed by atoms with Crippen molar-refractivity contribution in [3.05, 3.63) is 24.3 Å². The van der Waals surface area contributed by atoms with Crippen molar-refractivity contribution < 1.29 is 22.7 Å². The Hall–Kier alpha value is -1.84. The van der Waals surface area contributed by atoms with E-state index in [0.717, 1.165) is 25.2 Å². The molecule has 2 saturated heterocycles. The summed E-state index contributed by atoms with van der Waals surface area (Å²) in [7, 11) is -3.39. The molecular formula is C19H29N3O5S. The second-order valence-electron chi connectivity index (χ2n) is 7.64. The Kier molecular flexibility index (Phi) is 6.47. The van der Waals surface area contributed by atoms with Gasteiger partial charge in [-0.25, -0.2) is 13.1 Å². The molecule has 1 amide bonds. The van der Waals surface area contributed by atoms with Crippen molar-refractivity contribution in [1.82, 2.24) is 10.0 Å². The van der Waals surface area contributed by atoms with Gasteiger partial charge in [-0.1, -0.05) is 0 Å². The summed E-state index contributed by atoms with van der Waals surface area (Å²) in [5.41, 5.74) is 1.07. The highest BCUT2D eigenvalue weighted by Crippen LogP contribution is 2.25. The van der Waals surface area contributed by atoms with Crippen molar-refractivity contribution in [1.29, 1.82) is 0 Å². The maximum absolute atomic E-state index is 12.1. The van der Waals surface area contributed by atoms with E-state index in [1.54, 1.807) is 13.8 Å². The first-order valence-corrected chi connectivity index (χ1v) is 11.2. The molecule has 2 fully saturated rings. The molecule has 0 spiro atoms. The normalized spacial score (nSPS) is 25.3. The SMILES string of the molecule is CC(=O)NC1CCN(c2ccc(O[C@H]3COC[C@@H]3NS(=O)(=O)C(C)C)cc2)C1. The van der Waals surface area contributed by atoms with E-state index in [1.807, 2.05) is 24.3 Å². The summed E-state index contributed by atoms with van der Waals surface area (Å²) in [5, 5.41) is 2.45. The lowest BCUT2D eigenvalue weighted by molar-refractivity contribution is -0.119. The van der Waals surface area contributed by atoms with E-state index in [4.69, 9.17) is 9.47 Å². The highest BCUT2D eigenvalue weighted by molar-refractivity contribution is 7.90. The number of anilines is 1. The molecule has 8 nitrogen and oxygen atoms in total. The lowest BCUT2D eigenvalue weighted by atomic mass is 10.2. The van der Waals surface area contributed by atoms with Crippen LogP contribution in [0.4, 0.5) is 5.69 Å². The van der Waals surface area contributed by atoms with Gasteiger partial charge in [0.1, 0.15) is 11.9 Å². The first-order chi connectivity index (χ1) is 13.2. The van der Waals surface area contributed by atoms with Crippen LogP contribution in [0, 0.1) is 0 Å². The van der Waals surface area contributed by atoms with Gasteiger partial charge in [-0.3, -0.25) is 4.79 Å². The molecule has 2 aliphatic heterocycles. The predicted octanol–water partition coefficient (Wildman–Crippen LogP) is 0.875. The Bertz CT molecular complexity index is 781. The molecule has 0 radical (unpaired) electrons. The molecule has 2 N–H and O–H groups in total. The Morgan fingerprint density at radius 3 is 2.61 bits per heavy atom. The Morgan fingerprint density at radius 2 is 1.96 bits per heavy atom. The Balaban J connectivity index is 1.57. The average molecular weight is 412 g/mol. The molecule has 156 valence electrons. The molecule has 1 aromatic rings. The summed E-state index contributed by atoms with van der Waals surface area (Å²) in [5.74, 6) is 0.669. The summed E-state index contributed by atoms with van der Waals surface area (Å²) in [6.07, 6.45) is 0.560. The van der Waals surface area contributed by atoms with E-state index >= 15 is 0 Å². The van der Waals surface area contributed by atoms with Gasteiger partial charge < -0.3 is 19.7 Å². The van der Waals surface area contributed by atoms with Crippen molar-refractivity contribution in [2.75, 3.05) is 31.2 Å². The zero-order valence-electron chi connectivity index (χ0n) is 16.6. The summed E-state index contributed by atoms with van der Waals surface area (Å²) < 4.78 is 38.3. The van der Waals surface area contributed by atoms with Gasteiger partial charge in [-0.15, -0.1) is 0 Å². The number of hydrogen-bond acceptors (Lipinski definition) is 6. The zero-order valence-corrected chi connectivity index (χ0v) is 17.4. The van der Waals surface area contributed by atoms with Crippen LogP contribution >= 0.6 is 0 Å². The van der Waals surface area contributed by atoms with Gasteiger partial charge >= 0.3 is 0 Å². The van der Waals surface area contributed by atoms with Gasteiger partial charge in [0, 0.05) is 31.7 Å². The zero-order chi connectivity index (χ0) is 20.3. The van der Waals surface area contributed by atoms with Crippen LogP contribution in [0.5, 0.6) is 5.75 Å². The summed E-state index contributed by atoms with van der Waals surface area (Å²) in [6.45, 7) is 7.14. The quantitative estimate of drug-likeness (QED) is 0.691. The number of benzene rings is 1. The summed E-state index contributed by atoms with van der Waals surface area (Å²) >= 11 is 0. The molecule has 2 aliphatic rings. The molecule has 9 heteroatoms. The molecular weight excluding hydrogens is 382 g/mol. The number of sulfonamides is 1. The molecule has 0 aromatic heterocycles. The minimum atomic E-state index is -3.39. The number of amides is 1. The third-order valence-corrected chi connectivity index (χ3v) is 6.92. The van der Waals surface area contributed by atoms with Crippen molar-refractivity contribution in [2.45, 2.75) is 50.6 Å². The van der Waals surface area contributed by atoms with Crippen molar-refractivity contribution in [2.24, 2.45) is 0 Å². The van der Waals surface area contributed by atoms with Crippen LogP contribution < -0.4 is 19.7 Å². The van der Waals surface area contributed by atoms with E-state index in [1.165, 1.54) is 6.92 Å². The number of rotatable bonds is 7. The first kappa shape index (κ1) is 20.9. The van der Waals surface area contributed by atoms with Crippen LogP contribution in [0.2, 0.25) is 0 Å². The van der Waals surface area contributed by atoms with Crippen LogP contribution in [0.3, 0.4) is 0 Å². The monoisotopic (exact) mass is 411 g/mol. The second kappa shape index (κ2) is 8.67. The fourth-order valence-corrected chi connectivity index (χ4v) is 4.33. The first-order valence-electron chi connectivity index (χ1n) is 9.62. The van der Waals surface area contributed by atoms with E-state index in [-0.39, 0.29) is 18.1 Å². The molecule has 1 aromatic carbocycles. The Labute approximate surface area is 166 Å². The molecule has 2 heterocycles.